The molecule has 4 rings (SSSR count). The zero-order chi connectivity index (χ0) is 19.6. The van der Waals surface area contributed by atoms with Crippen LogP contribution in [0.15, 0.2) is 72.8 Å². The van der Waals surface area contributed by atoms with Gasteiger partial charge in [-0.3, -0.25) is 0 Å². The lowest BCUT2D eigenvalue weighted by Crippen LogP contribution is -2.38. The van der Waals surface area contributed by atoms with Crippen LogP contribution in [0.5, 0.6) is 5.75 Å². The second kappa shape index (κ2) is 7.81. The van der Waals surface area contributed by atoms with Crippen molar-refractivity contribution in [3.63, 3.8) is 0 Å². The highest BCUT2D eigenvalue weighted by atomic mass is 16.5. The predicted octanol–water partition coefficient (Wildman–Crippen LogP) is 5.45. The first-order chi connectivity index (χ1) is 13.7. The van der Waals surface area contributed by atoms with Crippen molar-refractivity contribution in [2.45, 2.75) is 37.6 Å². The average molecular weight is 372 g/mol. The van der Waals surface area contributed by atoms with Gasteiger partial charge in [0.05, 0.1) is 12.6 Å². The second-order valence-corrected chi connectivity index (χ2v) is 7.91. The lowest BCUT2D eigenvalue weighted by atomic mass is 9.81. The van der Waals surface area contributed by atoms with Gasteiger partial charge in [0.1, 0.15) is 5.75 Å². The van der Waals surface area contributed by atoms with Gasteiger partial charge in [-0.25, -0.2) is 0 Å². The largest absolute Gasteiger partial charge is 0.497 e. The van der Waals surface area contributed by atoms with Crippen molar-refractivity contribution in [2.24, 2.45) is 0 Å². The molecule has 144 valence electrons. The van der Waals surface area contributed by atoms with E-state index in [1.54, 1.807) is 7.11 Å². The number of aryl methyl sites for hydroxylation is 1. The number of hydrogen-bond donors (Lipinski definition) is 1. The minimum absolute atomic E-state index is 0.165. The Hall–Kier alpha value is -2.58. The van der Waals surface area contributed by atoms with Gasteiger partial charge in [0, 0.05) is 0 Å². The minimum Gasteiger partial charge on any atom is -0.497 e. The fraction of sp³-hybridized carbons (Fsp3) is 0.308. The standard InChI is InChI=1S/C26H29NO/c1-26(27-2)24-10-6-4-8-21(24)18-20(23-9-5-7-11-25(23)26)15-12-19-13-16-22(28-3)17-14-19/h4-11,13-14,16-17,20,27H,12,15,18H2,1-3H3. The Morgan fingerprint density at radius 2 is 1.61 bits per heavy atom. The summed E-state index contributed by atoms with van der Waals surface area (Å²) < 4.78 is 5.29. The summed E-state index contributed by atoms with van der Waals surface area (Å²) in [7, 11) is 3.79. The summed E-state index contributed by atoms with van der Waals surface area (Å²) in [5.74, 6) is 1.43. The van der Waals surface area contributed by atoms with Crippen LogP contribution in [0.25, 0.3) is 0 Å². The second-order valence-electron chi connectivity index (χ2n) is 7.91. The van der Waals surface area contributed by atoms with Crippen LogP contribution in [0.2, 0.25) is 0 Å². The third kappa shape index (κ3) is 3.33. The summed E-state index contributed by atoms with van der Waals surface area (Å²) in [6.07, 6.45) is 3.29. The van der Waals surface area contributed by atoms with E-state index in [1.807, 2.05) is 0 Å². The maximum absolute atomic E-state index is 5.29. The van der Waals surface area contributed by atoms with E-state index in [0.29, 0.717) is 5.92 Å². The molecule has 28 heavy (non-hydrogen) atoms. The molecule has 1 aliphatic carbocycles. The number of rotatable bonds is 5. The molecule has 3 aromatic carbocycles. The highest BCUT2D eigenvalue weighted by molar-refractivity contribution is 5.50. The van der Waals surface area contributed by atoms with E-state index in [0.717, 1.165) is 25.0 Å². The first kappa shape index (κ1) is 18.8. The van der Waals surface area contributed by atoms with Gasteiger partial charge >= 0.3 is 0 Å². The topological polar surface area (TPSA) is 21.3 Å². The van der Waals surface area contributed by atoms with Crippen LogP contribution in [-0.2, 0) is 18.4 Å². The molecular weight excluding hydrogens is 342 g/mol. The maximum Gasteiger partial charge on any atom is 0.118 e. The van der Waals surface area contributed by atoms with Gasteiger partial charge in [0.2, 0.25) is 0 Å². The Bertz CT molecular complexity index is 947. The number of hydrogen-bond acceptors (Lipinski definition) is 2. The monoisotopic (exact) mass is 371 g/mol. The lowest BCUT2D eigenvalue weighted by Gasteiger charge is -2.32. The summed E-state index contributed by atoms with van der Waals surface area (Å²) in [6.45, 7) is 2.32. The molecule has 1 N–H and O–H groups in total. The van der Waals surface area contributed by atoms with Crippen molar-refractivity contribution < 1.29 is 4.74 Å². The van der Waals surface area contributed by atoms with Gasteiger partial charge in [0.25, 0.3) is 0 Å². The molecule has 0 spiro atoms. The van der Waals surface area contributed by atoms with Crippen molar-refractivity contribution in [2.75, 3.05) is 14.2 Å². The van der Waals surface area contributed by atoms with E-state index < -0.39 is 0 Å². The van der Waals surface area contributed by atoms with Gasteiger partial charge in [-0.1, -0.05) is 60.7 Å². The Labute approximate surface area is 168 Å². The number of fused-ring (bicyclic) bond motifs is 2. The van der Waals surface area contributed by atoms with Crippen LogP contribution in [0.1, 0.15) is 47.1 Å². The molecule has 2 heteroatoms. The van der Waals surface area contributed by atoms with E-state index in [4.69, 9.17) is 4.74 Å². The van der Waals surface area contributed by atoms with Crippen LogP contribution in [-0.4, -0.2) is 14.2 Å². The average Bonchev–Trinajstić information content (AvgIpc) is 2.86. The Morgan fingerprint density at radius 1 is 0.929 bits per heavy atom. The highest BCUT2D eigenvalue weighted by Gasteiger charge is 2.36. The molecule has 0 radical (unpaired) electrons. The molecule has 1 aliphatic rings. The molecular formula is C26H29NO. The van der Waals surface area contributed by atoms with Crippen molar-refractivity contribution in [3.05, 3.63) is 101 Å². The van der Waals surface area contributed by atoms with E-state index in [1.165, 1.54) is 27.8 Å². The zero-order valence-electron chi connectivity index (χ0n) is 17.0. The molecule has 0 aromatic heterocycles. The van der Waals surface area contributed by atoms with Crippen LogP contribution in [0.4, 0.5) is 0 Å². The Balaban J connectivity index is 1.70. The Morgan fingerprint density at radius 3 is 2.32 bits per heavy atom. The van der Waals surface area contributed by atoms with Crippen molar-refractivity contribution in [1.82, 2.24) is 5.32 Å². The van der Waals surface area contributed by atoms with E-state index in [2.05, 4.69) is 92.1 Å². The van der Waals surface area contributed by atoms with Crippen LogP contribution in [0.3, 0.4) is 0 Å². The van der Waals surface area contributed by atoms with Crippen molar-refractivity contribution >= 4 is 0 Å². The van der Waals surface area contributed by atoms with Crippen LogP contribution < -0.4 is 10.1 Å². The maximum atomic E-state index is 5.29. The first-order valence-electron chi connectivity index (χ1n) is 10.2. The first-order valence-corrected chi connectivity index (χ1v) is 10.2. The lowest BCUT2D eigenvalue weighted by molar-refractivity contribution is 0.414. The molecule has 0 saturated heterocycles. The summed E-state index contributed by atoms with van der Waals surface area (Å²) in [6, 6.07) is 26.4. The van der Waals surface area contributed by atoms with Gasteiger partial charge in [0.15, 0.2) is 0 Å². The van der Waals surface area contributed by atoms with Crippen molar-refractivity contribution in [1.29, 1.82) is 0 Å². The third-order valence-electron chi connectivity index (χ3n) is 6.40. The van der Waals surface area contributed by atoms with E-state index in [9.17, 15) is 0 Å². The summed E-state index contributed by atoms with van der Waals surface area (Å²) in [4.78, 5) is 0. The molecule has 0 heterocycles. The number of nitrogens with one attached hydrogen (secondary N) is 1. The van der Waals surface area contributed by atoms with Gasteiger partial charge in [-0.2, -0.15) is 0 Å². The zero-order valence-corrected chi connectivity index (χ0v) is 17.0. The molecule has 0 saturated carbocycles. The quantitative estimate of drug-likeness (QED) is 0.644. The SMILES string of the molecule is CNC1(C)c2ccccc2CC(CCc2ccc(OC)cc2)c2ccccc21. The molecule has 2 unspecified atom stereocenters. The number of ether oxygens (including phenoxy) is 1. The molecule has 0 aliphatic heterocycles. The number of benzene rings is 3. The van der Waals surface area contributed by atoms with Gasteiger partial charge < -0.3 is 10.1 Å². The highest BCUT2D eigenvalue weighted by Crippen LogP contribution is 2.42. The van der Waals surface area contributed by atoms with Gasteiger partial charge in [-0.05, 0) is 79.1 Å². The Kier molecular flexibility index (Phi) is 5.23. The van der Waals surface area contributed by atoms with E-state index >= 15 is 0 Å². The fourth-order valence-corrected chi connectivity index (χ4v) is 4.67. The fourth-order valence-electron chi connectivity index (χ4n) is 4.67. The molecule has 0 amide bonds. The molecule has 0 fully saturated rings. The summed E-state index contributed by atoms with van der Waals surface area (Å²) in [5.41, 5.74) is 6.94. The molecule has 2 atom stereocenters. The van der Waals surface area contributed by atoms with Crippen molar-refractivity contribution in [3.8, 4) is 5.75 Å². The summed E-state index contributed by atoms with van der Waals surface area (Å²) >= 11 is 0. The minimum atomic E-state index is -0.165. The number of methoxy groups -OCH3 is 1. The normalized spacial score (nSPS) is 20.8. The summed E-state index contributed by atoms with van der Waals surface area (Å²) in [5, 5.41) is 3.63. The van der Waals surface area contributed by atoms with E-state index in [-0.39, 0.29) is 5.54 Å². The predicted molar refractivity (Wildman–Crippen MR) is 116 cm³/mol. The van der Waals surface area contributed by atoms with Crippen LogP contribution in [0, 0.1) is 0 Å². The van der Waals surface area contributed by atoms with Gasteiger partial charge in [-0.15, -0.1) is 0 Å². The molecule has 0 bridgehead atoms. The smallest absolute Gasteiger partial charge is 0.118 e. The molecule has 3 aromatic rings. The third-order valence-corrected chi connectivity index (χ3v) is 6.40. The molecule has 2 nitrogen and oxygen atoms in total. The van der Waals surface area contributed by atoms with Crippen LogP contribution >= 0.6 is 0 Å².